The molecule has 0 aliphatic rings. The Balaban J connectivity index is 1.82. The Kier molecular flexibility index (Phi) is 3.81. The summed E-state index contributed by atoms with van der Waals surface area (Å²) in [5.74, 6) is -0.00863. The summed E-state index contributed by atoms with van der Waals surface area (Å²) in [7, 11) is 0. The van der Waals surface area contributed by atoms with Gasteiger partial charge in [0.25, 0.3) is 11.2 Å². The van der Waals surface area contributed by atoms with Crippen molar-refractivity contribution >= 4 is 27.2 Å². The number of aromatic nitrogens is 2. The smallest absolute Gasteiger partial charge is 0.269 e. The van der Waals surface area contributed by atoms with E-state index < -0.39 is 4.92 Å². The van der Waals surface area contributed by atoms with Crippen LogP contribution in [0.4, 0.5) is 10.1 Å². The number of aromatic amines is 1. The fourth-order valence-electron chi connectivity index (χ4n) is 2.67. The Hall–Kier alpha value is -3.39. The summed E-state index contributed by atoms with van der Waals surface area (Å²) in [5, 5.41) is 13.0. The van der Waals surface area contributed by atoms with Crippen molar-refractivity contribution in [3.05, 3.63) is 80.2 Å². The molecule has 0 amide bonds. The molecular formula is C18H10FN3O3S. The molecule has 0 aliphatic heterocycles. The molecule has 4 aromatic rings. The zero-order chi connectivity index (χ0) is 18.3. The Bertz CT molecular complexity index is 1180. The summed E-state index contributed by atoms with van der Waals surface area (Å²) in [6.07, 6.45) is 0. The van der Waals surface area contributed by atoms with E-state index in [0.29, 0.717) is 27.2 Å². The second kappa shape index (κ2) is 6.16. The highest BCUT2D eigenvalue weighted by Crippen LogP contribution is 2.31. The lowest BCUT2D eigenvalue weighted by molar-refractivity contribution is -0.384. The molecule has 0 fully saturated rings. The number of hydrogen-bond donors (Lipinski definition) is 1. The highest BCUT2D eigenvalue weighted by molar-refractivity contribution is 7.17. The molecule has 1 N–H and O–H groups in total. The average Bonchev–Trinajstić information content (AvgIpc) is 3.07. The summed E-state index contributed by atoms with van der Waals surface area (Å²) in [6, 6.07) is 11.7. The molecule has 0 saturated carbocycles. The monoisotopic (exact) mass is 367 g/mol. The molecule has 2 aromatic carbocycles. The van der Waals surface area contributed by atoms with Crippen molar-refractivity contribution in [3.8, 4) is 22.5 Å². The van der Waals surface area contributed by atoms with Gasteiger partial charge in [-0.2, -0.15) is 0 Å². The van der Waals surface area contributed by atoms with Gasteiger partial charge in [-0.15, -0.1) is 11.3 Å². The number of nitrogens with one attached hydrogen (secondary N) is 1. The molecule has 4 rings (SSSR count). The first-order valence-corrected chi connectivity index (χ1v) is 8.43. The summed E-state index contributed by atoms with van der Waals surface area (Å²) >= 11 is 1.31. The molecule has 6 nitrogen and oxygen atoms in total. The number of halogens is 1. The summed E-state index contributed by atoms with van der Waals surface area (Å²) in [6.45, 7) is 0. The molecule has 128 valence electrons. The SMILES string of the molecule is O=c1[nH]c(-c2ccc([N+](=O)[O-])cc2)nc2scc(-c3ccc(F)cc3)c12. The van der Waals surface area contributed by atoms with Gasteiger partial charge in [0.15, 0.2) is 0 Å². The molecule has 0 spiro atoms. The van der Waals surface area contributed by atoms with E-state index in [-0.39, 0.29) is 17.1 Å². The fraction of sp³-hybridized carbons (Fsp3) is 0. The van der Waals surface area contributed by atoms with Gasteiger partial charge in [-0.05, 0) is 29.8 Å². The Labute approximate surface area is 149 Å². The maximum atomic E-state index is 13.1. The van der Waals surface area contributed by atoms with Crippen molar-refractivity contribution < 1.29 is 9.31 Å². The lowest BCUT2D eigenvalue weighted by atomic mass is 10.1. The molecular weight excluding hydrogens is 357 g/mol. The lowest BCUT2D eigenvalue weighted by Crippen LogP contribution is -2.09. The van der Waals surface area contributed by atoms with Gasteiger partial charge in [0.05, 0.1) is 10.3 Å². The van der Waals surface area contributed by atoms with E-state index in [1.165, 1.54) is 47.7 Å². The number of thiophene rings is 1. The van der Waals surface area contributed by atoms with Gasteiger partial charge < -0.3 is 4.98 Å². The fourth-order valence-corrected chi connectivity index (χ4v) is 3.62. The Morgan fingerprint density at radius 2 is 1.69 bits per heavy atom. The van der Waals surface area contributed by atoms with Crippen LogP contribution >= 0.6 is 11.3 Å². The Morgan fingerprint density at radius 3 is 2.35 bits per heavy atom. The largest absolute Gasteiger partial charge is 0.306 e. The van der Waals surface area contributed by atoms with Crippen molar-refractivity contribution in [2.24, 2.45) is 0 Å². The number of rotatable bonds is 3. The highest BCUT2D eigenvalue weighted by atomic mass is 32.1. The van der Waals surface area contributed by atoms with Crippen LogP contribution in [0.15, 0.2) is 58.7 Å². The first kappa shape index (κ1) is 16.1. The van der Waals surface area contributed by atoms with Crippen molar-refractivity contribution in [1.29, 1.82) is 0 Å². The van der Waals surface area contributed by atoms with Crippen molar-refractivity contribution in [3.63, 3.8) is 0 Å². The zero-order valence-corrected chi connectivity index (χ0v) is 13.9. The van der Waals surface area contributed by atoms with Crippen LogP contribution in [0.2, 0.25) is 0 Å². The van der Waals surface area contributed by atoms with E-state index in [1.54, 1.807) is 17.5 Å². The first-order chi connectivity index (χ1) is 12.5. The molecule has 0 aliphatic carbocycles. The second-order valence-electron chi connectivity index (χ2n) is 5.55. The van der Waals surface area contributed by atoms with Gasteiger partial charge in [-0.1, -0.05) is 12.1 Å². The number of non-ortho nitro benzene ring substituents is 1. The highest BCUT2D eigenvalue weighted by Gasteiger charge is 2.14. The molecule has 26 heavy (non-hydrogen) atoms. The number of hydrogen-bond acceptors (Lipinski definition) is 5. The molecule has 0 atom stereocenters. The minimum Gasteiger partial charge on any atom is -0.306 e. The molecule has 0 saturated heterocycles. The van der Waals surface area contributed by atoms with Crippen molar-refractivity contribution in [1.82, 2.24) is 9.97 Å². The van der Waals surface area contributed by atoms with Crippen molar-refractivity contribution in [2.45, 2.75) is 0 Å². The summed E-state index contributed by atoms with van der Waals surface area (Å²) in [4.78, 5) is 30.6. The topological polar surface area (TPSA) is 88.9 Å². The number of benzene rings is 2. The van der Waals surface area contributed by atoms with Gasteiger partial charge >= 0.3 is 0 Å². The van der Waals surface area contributed by atoms with Gasteiger partial charge in [-0.3, -0.25) is 14.9 Å². The predicted octanol–water partition coefficient (Wildman–Crippen LogP) is 4.37. The Morgan fingerprint density at radius 1 is 1.04 bits per heavy atom. The van der Waals surface area contributed by atoms with E-state index in [0.717, 1.165) is 5.56 Å². The molecule has 2 heterocycles. The van der Waals surface area contributed by atoms with Crippen LogP contribution in [0.25, 0.3) is 32.7 Å². The lowest BCUT2D eigenvalue weighted by Gasteiger charge is -2.02. The van der Waals surface area contributed by atoms with Crippen LogP contribution in [0.5, 0.6) is 0 Å². The normalized spacial score (nSPS) is 11.0. The number of fused-ring (bicyclic) bond motifs is 1. The van der Waals surface area contributed by atoms with Crippen LogP contribution in [-0.4, -0.2) is 14.9 Å². The second-order valence-corrected chi connectivity index (χ2v) is 6.41. The van der Waals surface area contributed by atoms with Gasteiger partial charge in [0.2, 0.25) is 0 Å². The molecule has 0 radical (unpaired) electrons. The minimum atomic E-state index is -0.489. The van der Waals surface area contributed by atoms with Gasteiger partial charge in [0, 0.05) is 28.6 Å². The van der Waals surface area contributed by atoms with E-state index in [2.05, 4.69) is 9.97 Å². The zero-order valence-electron chi connectivity index (χ0n) is 13.1. The standard InChI is InChI=1S/C18H10FN3O3S/c19-12-5-1-10(2-6-12)14-9-26-18-15(14)17(23)20-16(21-18)11-3-7-13(8-4-11)22(24)25/h1-9H,(H,20,21,23). The van der Waals surface area contributed by atoms with Gasteiger partial charge in [-0.25, -0.2) is 9.37 Å². The quantitative estimate of drug-likeness (QED) is 0.430. The maximum Gasteiger partial charge on any atom is 0.269 e. The molecule has 0 unspecified atom stereocenters. The number of nitro groups is 1. The third-order valence-corrected chi connectivity index (χ3v) is 4.82. The van der Waals surface area contributed by atoms with Crippen LogP contribution < -0.4 is 5.56 Å². The van der Waals surface area contributed by atoms with E-state index in [9.17, 15) is 19.3 Å². The number of H-pyrrole nitrogens is 1. The number of nitrogens with zero attached hydrogens (tertiary/aromatic N) is 2. The third-order valence-electron chi connectivity index (χ3n) is 3.95. The summed E-state index contributed by atoms with van der Waals surface area (Å²) in [5.41, 5.74) is 1.64. The van der Waals surface area contributed by atoms with Crippen LogP contribution in [0.1, 0.15) is 0 Å². The van der Waals surface area contributed by atoms with E-state index >= 15 is 0 Å². The summed E-state index contributed by atoms with van der Waals surface area (Å²) < 4.78 is 13.1. The van der Waals surface area contributed by atoms with Crippen LogP contribution in [0.3, 0.4) is 0 Å². The molecule has 2 aromatic heterocycles. The van der Waals surface area contributed by atoms with Crippen LogP contribution in [-0.2, 0) is 0 Å². The third kappa shape index (κ3) is 2.76. The number of nitro benzene ring substituents is 1. The average molecular weight is 367 g/mol. The molecule has 8 heteroatoms. The van der Waals surface area contributed by atoms with E-state index in [1.807, 2.05) is 0 Å². The predicted molar refractivity (Wildman–Crippen MR) is 97.7 cm³/mol. The first-order valence-electron chi connectivity index (χ1n) is 7.55. The van der Waals surface area contributed by atoms with Gasteiger partial charge in [0.1, 0.15) is 16.5 Å². The van der Waals surface area contributed by atoms with Crippen LogP contribution in [0, 0.1) is 15.9 Å². The van der Waals surface area contributed by atoms with Crippen molar-refractivity contribution in [2.75, 3.05) is 0 Å². The van der Waals surface area contributed by atoms with E-state index in [4.69, 9.17) is 0 Å². The maximum absolute atomic E-state index is 13.1. The molecule has 0 bridgehead atoms. The minimum absolute atomic E-state index is 0.0353.